The molecular weight excluding hydrogens is 216 g/mol. The molecule has 1 atom stereocenters. The van der Waals surface area contributed by atoms with E-state index in [1.54, 1.807) is 0 Å². The topological polar surface area (TPSA) is 41.6 Å². The Hall–Kier alpha value is -0.770. The molecule has 4 heteroatoms. The second kappa shape index (κ2) is 5.25. The summed E-state index contributed by atoms with van der Waals surface area (Å²) in [6.07, 6.45) is 6.94. The van der Waals surface area contributed by atoms with E-state index in [4.69, 9.17) is 4.74 Å². The highest BCUT2D eigenvalue weighted by molar-refractivity contribution is 5.69. The van der Waals surface area contributed by atoms with Crippen LogP contribution in [0.25, 0.3) is 0 Å². The first kappa shape index (κ1) is 12.7. The molecule has 1 saturated carbocycles. The van der Waals surface area contributed by atoms with E-state index in [0.29, 0.717) is 12.6 Å². The quantitative estimate of drug-likeness (QED) is 0.804. The van der Waals surface area contributed by atoms with Crippen molar-refractivity contribution in [2.24, 2.45) is 0 Å². The van der Waals surface area contributed by atoms with Crippen molar-refractivity contribution in [3.63, 3.8) is 0 Å². The maximum absolute atomic E-state index is 12.1. The number of nitrogens with one attached hydrogen (secondary N) is 1. The molecule has 0 aromatic rings. The van der Waals surface area contributed by atoms with Crippen LogP contribution in [0.2, 0.25) is 0 Å². The Morgan fingerprint density at radius 2 is 2.12 bits per heavy atom. The number of rotatable bonds is 2. The first-order valence-electron chi connectivity index (χ1n) is 6.86. The van der Waals surface area contributed by atoms with Gasteiger partial charge in [0.15, 0.2) is 0 Å². The molecule has 2 fully saturated rings. The summed E-state index contributed by atoms with van der Waals surface area (Å²) in [4.78, 5) is 14.1. The van der Waals surface area contributed by atoms with Crippen molar-refractivity contribution in [3.8, 4) is 0 Å². The highest BCUT2D eigenvalue weighted by atomic mass is 16.6. The molecule has 2 aliphatic rings. The van der Waals surface area contributed by atoms with Crippen molar-refractivity contribution < 1.29 is 9.53 Å². The maximum Gasteiger partial charge on any atom is 0.410 e. The third-order valence-electron chi connectivity index (χ3n) is 4.38. The van der Waals surface area contributed by atoms with Gasteiger partial charge in [-0.05, 0) is 33.2 Å². The molecule has 0 bridgehead atoms. The lowest BCUT2D eigenvalue weighted by atomic mass is 9.77. The minimum Gasteiger partial charge on any atom is -0.450 e. The molecule has 98 valence electrons. The number of carbonyl (C=O) groups is 1. The average molecular weight is 240 g/mol. The van der Waals surface area contributed by atoms with Gasteiger partial charge in [0.2, 0.25) is 0 Å². The van der Waals surface area contributed by atoms with E-state index in [-0.39, 0.29) is 11.6 Å². The monoisotopic (exact) mass is 240 g/mol. The summed E-state index contributed by atoms with van der Waals surface area (Å²) in [6.45, 7) is 3.18. The number of likely N-dealkylation sites (N-methyl/N-ethyl adjacent to an activating group) is 1. The van der Waals surface area contributed by atoms with Gasteiger partial charge in [-0.2, -0.15) is 0 Å². The largest absolute Gasteiger partial charge is 0.450 e. The van der Waals surface area contributed by atoms with Gasteiger partial charge in [0.05, 0.1) is 12.1 Å². The Kier molecular flexibility index (Phi) is 3.92. The first-order chi connectivity index (χ1) is 8.24. The molecule has 1 spiro atoms. The average Bonchev–Trinajstić information content (AvgIpc) is 2.68. The van der Waals surface area contributed by atoms with E-state index < -0.39 is 0 Å². The van der Waals surface area contributed by atoms with Gasteiger partial charge in [0.1, 0.15) is 0 Å². The van der Waals surface area contributed by atoms with Crippen LogP contribution in [0.3, 0.4) is 0 Å². The van der Waals surface area contributed by atoms with Crippen LogP contribution in [0.5, 0.6) is 0 Å². The first-order valence-corrected chi connectivity index (χ1v) is 6.86. The molecule has 1 amide bonds. The molecule has 0 aromatic heterocycles. The van der Waals surface area contributed by atoms with Crippen molar-refractivity contribution in [2.45, 2.75) is 57.0 Å². The van der Waals surface area contributed by atoms with Crippen LogP contribution in [0.4, 0.5) is 4.79 Å². The number of nitrogens with zero attached hydrogens (tertiary/aromatic N) is 1. The minimum atomic E-state index is -0.118. The zero-order valence-corrected chi connectivity index (χ0v) is 11.0. The molecule has 1 unspecified atom stereocenters. The normalized spacial score (nSPS) is 27.4. The Bertz CT molecular complexity index is 275. The molecule has 2 rings (SSSR count). The van der Waals surface area contributed by atoms with Crippen molar-refractivity contribution >= 4 is 6.09 Å². The summed E-state index contributed by atoms with van der Waals surface area (Å²) >= 11 is 0. The summed E-state index contributed by atoms with van der Waals surface area (Å²) in [5.41, 5.74) is 0.0270. The van der Waals surface area contributed by atoms with E-state index in [1.165, 1.54) is 19.3 Å². The fraction of sp³-hybridized carbons (Fsp3) is 0.923. The van der Waals surface area contributed by atoms with Gasteiger partial charge in [-0.3, -0.25) is 0 Å². The predicted octanol–water partition coefficient (Wildman–Crippen LogP) is 2.14. The van der Waals surface area contributed by atoms with Crippen LogP contribution >= 0.6 is 0 Å². The third kappa shape index (κ3) is 2.15. The van der Waals surface area contributed by atoms with E-state index in [0.717, 1.165) is 25.8 Å². The molecule has 1 aliphatic carbocycles. The predicted molar refractivity (Wildman–Crippen MR) is 67.0 cm³/mol. The van der Waals surface area contributed by atoms with E-state index >= 15 is 0 Å². The molecule has 1 heterocycles. The number of hydrogen-bond acceptors (Lipinski definition) is 3. The summed E-state index contributed by atoms with van der Waals surface area (Å²) in [6, 6.07) is 0.437. The number of carbonyl (C=O) groups excluding carboxylic acids is 1. The van der Waals surface area contributed by atoms with Crippen molar-refractivity contribution in [3.05, 3.63) is 0 Å². The Labute approximate surface area is 104 Å². The summed E-state index contributed by atoms with van der Waals surface area (Å²) in [5, 5.41) is 3.40. The van der Waals surface area contributed by atoms with E-state index in [2.05, 4.69) is 5.32 Å². The number of ether oxygens (including phenoxy) is 1. The van der Waals surface area contributed by atoms with Crippen molar-refractivity contribution in [2.75, 3.05) is 20.2 Å². The maximum atomic E-state index is 12.1. The molecule has 1 aliphatic heterocycles. The van der Waals surface area contributed by atoms with Gasteiger partial charge in [-0.1, -0.05) is 19.3 Å². The lowest BCUT2D eigenvalue weighted by Gasteiger charge is -2.44. The lowest BCUT2D eigenvalue weighted by Crippen LogP contribution is -2.57. The van der Waals surface area contributed by atoms with Crippen LogP contribution in [0.1, 0.15) is 45.4 Å². The number of amides is 1. The van der Waals surface area contributed by atoms with Gasteiger partial charge >= 0.3 is 6.09 Å². The van der Waals surface area contributed by atoms with E-state index in [1.807, 2.05) is 18.9 Å². The highest BCUT2D eigenvalue weighted by Crippen LogP contribution is 2.42. The zero-order chi connectivity index (χ0) is 12.3. The van der Waals surface area contributed by atoms with Crippen molar-refractivity contribution in [1.29, 1.82) is 0 Å². The van der Waals surface area contributed by atoms with Gasteiger partial charge in [0, 0.05) is 12.6 Å². The summed E-state index contributed by atoms with van der Waals surface area (Å²) < 4.78 is 5.21. The molecule has 0 radical (unpaired) electrons. The van der Waals surface area contributed by atoms with Crippen LogP contribution in [-0.4, -0.2) is 42.8 Å². The fourth-order valence-corrected chi connectivity index (χ4v) is 3.61. The smallest absolute Gasteiger partial charge is 0.410 e. The zero-order valence-electron chi connectivity index (χ0n) is 11.0. The molecule has 0 aromatic carbocycles. The van der Waals surface area contributed by atoms with Gasteiger partial charge < -0.3 is 15.0 Å². The SMILES string of the molecule is CCOC(=O)N1CCC(NC)C12CCCCC2. The van der Waals surface area contributed by atoms with Crippen molar-refractivity contribution in [1.82, 2.24) is 10.2 Å². The molecule has 4 nitrogen and oxygen atoms in total. The summed E-state index contributed by atoms with van der Waals surface area (Å²) in [7, 11) is 2.01. The number of hydrogen-bond donors (Lipinski definition) is 1. The Balaban J connectivity index is 2.17. The molecule has 1 N–H and O–H groups in total. The third-order valence-corrected chi connectivity index (χ3v) is 4.38. The highest BCUT2D eigenvalue weighted by Gasteiger charge is 2.50. The lowest BCUT2D eigenvalue weighted by molar-refractivity contribution is 0.0468. The molecule has 17 heavy (non-hydrogen) atoms. The van der Waals surface area contributed by atoms with Crippen LogP contribution < -0.4 is 5.32 Å². The fourth-order valence-electron chi connectivity index (χ4n) is 3.61. The van der Waals surface area contributed by atoms with Crippen LogP contribution in [-0.2, 0) is 4.74 Å². The Morgan fingerprint density at radius 1 is 1.41 bits per heavy atom. The minimum absolute atomic E-state index is 0.0270. The molecule has 1 saturated heterocycles. The second-order valence-electron chi connectivity index (χ2n) is 5.14. The van der Waals surface area contributed by atoms with E-state index in [9.17, 15) is 4.79 Å². The van der Waals surface area contributed by atoms with Gasteiger partial charge in [0.25, 0.3) is 0 Å². The standard InChI is InChI=1S/C13H24N2O2/c1-3-17-12(16)15-10-7-11(14-2)13(15)8-5-4-6-9-13/h11,14H,3-10H2,1-2H3. The summed E-state index contributed by atoms with van der Waals surface area (Å²) in [5.74, 6) is 0. The van der Waals surface area contributed by atoms with Crippen LogP contribution in [0, 0.1) is 0 Å². The Morgan fingerprint density at radius 3 is 2.71 bits per heavy atom. The van der Waals surface area contributed by atoms with Crippen LogP contribution in [0.15, 0.2) is 0 Å². The number of likely N-dealkylation sites (tertiary alicyclic amines) is 1. The van der Waals surface area contributed by atoms with Gasteiger partial charge in [-0.25, -0.2) is 4.79 Å². The van der Waals surface area contributed by atoms with Gasteiger partial charge in [-0.15, -0.1) is 0 Å². The molecular formula is C13H24N2O2. The second-order valence-corrected chi connectivity index (χ2v) is 5.14.